The van der Waals surface area contributed by atoms with Crippen LogP contribution in [-0.4, -0.2) is 54.4 Å². The highest BCUT2D eigenvalue weighted by Crippen LogP contribution is 2.60. The fourth-order valence-corrected chi connectivity index (χ4v) is 7.30. The van der Waals surface area contributed by atoms with Crippen LogP contribution in [0.15, 0.2) is 0 Å². The van der Waals surface area contributed by atoms with Gasteiger partial charge in [-0.1, -0.05) is 0 Å². The first-order valence-corrected chi connectivity index (χ1v) is 10.7. The summed E-state index contributed by atoms with van der Waals surface area (Å²) in [4.78, 5) is 27.0. The molecule has 5 aliphatic rings. The maximum Gasteiger partial charge on any atom is 0.320 e. The van der Waals surface area contributed by atoms with Crippen LogP contribution in [0.3, 0.4) is 0 Å². The highest BCUT2D eigenvalue weighted by atomic mass is 32.2. The molecule has 134 valence electrons. The largest absolute Gasteiger partial charge is 0.457 e. The molecule has 24 heavy (non-hydrogen) atoms. The van der Waals surface area contributed by atoms with Crippen molar-refractivity contribution in [3.63, 3.8) is 0 Å². The zero-order valence-corrected chi connectivity index (χ0v) is 15.5. The summed E-state index contributed by atoms with van der Waals surface area (Å²) in [5, 5.41) is 0. The van der Waals surface area contributed by atoms with Gasteiger partial charge in [-0.05, 0) is 75.5 Å². The summed E-state index contributed by atoms with van der Waals surface area (Å²) in [7, 11) is 1.98. The summed E-state index contributed by atoms with van der Waals surface area (Å²) in [6.45, 7) is 0.303. The van der Waals surface area contributed by atoms with E-state index in [9.17, 15) is 9.59 Å². The van der Waals surface area contributed by atoms with Crippen molar-refractivity contribution in [3.8, 4) is 0 Å². The molecule has 0 amide bonds. The molecule has 5 fully saturated rings. The standard InChI is InChI=1S/C19H29NO3S/c1-20(16-2-3-24-12-16)10-18(22)23-11-17(21)19-7-13-4-14(8-19)6-15(5-13)9-19/h13-16H,2-12H2,1H3. The number of ketones is 1. The molecule has 0 spiro atoms. The van der Waals surface area contributed by atoms with Gasteiger partial charge in [0.2, 0.25) is 0 Å². The van der Waals surface area contributed by atoms with Crippen molar-refractivity contribution in [1.82, 2.24) is 4.90 Å². The topological polar surface area (TPSA) is 46.6 Å². The quantitative estimate of drug-likeness (QED) is 0.689. The van der Waals surface area contributed by atoms with Crippen LogP contribution >= 0.6 is 11.8 Å². The maximum absolute atomic E-state index is 12.8. The van der Waals surface area contributed by atoms with E-state index in [1.807, 2.05) is 18.8 Å². The zero-order valence-electron chi connectivity index (χ0n) is 14.7. The Balaban J connectivity index is 1.28. The SMILES string of the molecule is CN(CC(=O)OCC(=O)C12CC3CC(CC(C3)C1)C2)C1CCSC1. The summed E-state index contributed by atoms with van der Waals surface area (Å²) < 4.78 is 5.39. The first-order chi connectivity index (χ1) is 11.5. The van der Waals surface area contributed by atoms with E-state index in [2.05, 4.69) is 4.90 Å². The third kappa shape index (κ3) is 3.26. The third-order valence-corrected chi connectivity index (χ3v) is 8.05. The average Bonchev–Trinajstić information content (AvgIpc) is 3.05. The van der Waals surface area contributed by atoms with E-state index in [1.165, 1.54) is 25.0 Å². The smallest absolute Gasteiger partial charge is 0.320 e. The number of hydrogen-bond donors (Lipinski definition) is 0. The molecule has 0 aromatic rings. The van der Waals surface area contributed by atoms with Gasteiger partial charge in [-0.25, -0.2) is 0 Å². The molecule has 0 aromatic carbocycles. The summed E-state index contributed by atoms with van der Waals surface area (Å²) in [6.07, 6.45) is 8.28. The molecule has 4 nitrogen and oxygen atoms in total. The lowest BCUT2D eigenvalue weighted by Crippen LogP contribution is -2.51. The molecule has 1 heterocycles. The van der Waals surface area contributed by atoms with Crippen LogP contribution < -0.4 is 0 Å². The summed E-state index contributed by atoms with van der Waals surface area (Å²) in [5.74, 6) is 4.48. The Morgan fingerprint density at radius 1 is 1.12 bits per heavy atom. The normalized spacial score (nSPS) is 40.2. The van der Waals surface area contributed by atoms with E-state index < -0.39 is 0 Å². The highest BCUT2D eigenvalue weighted by molar-refractivity contribution is 7.99. The van der Waals surface area contributed by atoms with E-state index in [-0.39, 0.29) is 23.8 Å². The fourth-order valence-electron chi connectivity index (χ4n) is 6.00. The maximum atomic E-state index is 12.8. The molecular weight excluding hydrogens is 322 g/mol. The van der Waals surface area contributed by atoms with Crippen molar-refractivity contribution in [2.75, 3.05) is 31.7 Å². The first kappa shape index (κ1) is 16.9. The van der Waals surface area contributed by atoms with Crippen LogP contribution in [0.2, 0.25) is 0 Å². The Bertz CT molecular complexity index is 479. The zero-order chi connectivity index (χ0) is 16.7. The molecule has 0 aromatic heterocycles. The number of carbonyl (C=O) groups is 2. The van der Waals surface area contributed by atoms with Crippen molar-refractivity contribution >= 4 is 23.5 Å². The van der Waals surface area contributed by atoms with Crippen molar-refractivity contribution in [1.29, 1.82) is 0 Å². The molecule has 4 saturated carbocycles. The number of ether oxygens (including phenoxy) is 1. The number of rotatable bonds is 6. The average molecular weight is 352 g/mol. The van der Waals surface area contributed by atoms with E-state index in [0.717, 1.165) is 49.2 Å². The molecule has 0 radical (unpaired) electrons. The van der Waals surface area contributed by atoms with E-state index in [4.69, 9.17) is 4.74 Å². The molecule has 1 aliphatic heterocycles. The van der Waals surface area contributed by atoms with Gasteiger partial charge < -0.3 is 4.74 Å². The third-order valence-electron chi connectivity index (χ3n) is 6.90. The van der Waals surface area contributed by atoms with Gasteiger partial charge in [-0.15, -0.1) is 0 Å². The highest BCUT2D eigenvalue weighted by Gasteiger charge is 2.54. The molecule has 4 aliphatic carbocycles. The summed E-state index contributed by atoms with van der Waals surface area (Å²) in [6, 6.07) is 0.474. The lowest BCUT2D eigenvalue weighted by molar-refractivity contribution is -0.158. The van der Waals surface area contributed by atoms with Crippen molar-refractivity contribution < 1.29 is 14.3 Å². The number of likely N-dealkylation sites (N-methyl/N-ethyl adjacent to an activating group) is 1. The summed E-state index contributed by atoms with van der Waals surface area (Å²) in [5.41, 5.74) is -0.150. The number of carbonyl (C=O) groups excluding carboxylic acids is 2. The minimum Gasteiger partial charge on any atom is -0.457 e. The molecule has 1 unspecified atom stereocenters. The lowest BCUT2D eigenvalue weighted by atomic mass is 9.48. The predicted octanol–water partition coefficient (Wildman–Crippen LogP) is 2.75. The van der Waals surface area contributed by atoms with Gasteiger partial charge in [0.1, 0.15) is 0 Å². The van der Waals surface area contributed by atoms with Gasteiger partial charge in [-0.2, -0.15) is 11.8 Å². The van der Waals surface area contributed by atoms with E-state index >= 15 is 0 Å². The number of nitrogens with zero attached hydrogens (tertiary/aromatic N) is 1. The van der Waals surface area contributed by atoms with E-state index in [0.29, 0.717) is 12.6 Å². The Morgan fingerprint density at radius 2 is 1.75 bits per heavy atom. The van der Waals surface area contributed by atoms with Crippen LogP contribution in [0.5, 0.6) is 0 Å². The molecule has 5 heteroatoms. The number of esters is 1. The van der Waals surface area contributed by atoms with Gasteiger partial charge in [0.15, 0.2) is 12.4 Å². The van der Waals surface area contributed by atoms with E-state index in [1.54, 1.807) is 0 Å². The number of thioether (sulfide) groups is 1. The Morgan fingerprint density at radius 3 is 2.29 bits per heavy atom. The van der Waals surface area contributed by atoms with Crippen molar-refractivity contribution in [3.05, 3.63) is 0 Å². The van der Waals surface area contributed by atoms with Crippen molar-refractivity contribution in [2.45, 2.75) is 51.0 Å². The van der Waals surface area contributed by atoms with Gasteiger partial charge in [0.25, 0.3) is 0 Å². The second-order valence-electron chi connectivity index (χ2n) is 8.71. The van der Waals surface area contributed by atoms with Crippen LogP contribution in [0.1, 0.15) is 44.9 Å². The van der Waals surface area contributed by atoms with Gasteiger partial charge >= 0.3 is 5.97 Å². The number of hydrogen-bond acceptors (Lipinski definition) is 5. The monoisotopic (exact) mass is 351 g/mol. The minimum atomic E-state index is -0.243. The number of Topliss-reactive ketones (excluding diaryl/α,β-unsaturated/α-hetero) is 1. The fraction of sp³-hybridized carbons (Fsp3) is 0.895. The molecule has 4 bridgehead atoms. The van der Waals surface area contributed by atoms with Crippen molar-refractivity contribution in [2.24, 2.45) is 23.2 Å². The minimum absolute atomic E-state index is 0.00174. The second kappa shape index (κ2) is 6.64. The molecule has 1 saturated heterocycles. The van der Waals surface area contributed by atoms with Gasteiger partial charge in [-0.3, -0.25) is 14.5 Å². The molecule has 0 N–H and O–H groups in total. The van der Waals surface area contributed by atoms with Gasteiger partial charge in [0.05, 0.1) is 6.54 Å². The second-order valence-corrected chi connectivity index (χ2v) is 9.86. The predicted molar refractivity (Wildman–Crippen MR) is 94.9 cm³/mol. The Hall–Kier alpha value is -0.550. The Labute approximate surface area is 149 Å². The van der Waals surface area contributed by atoms with Crippen LogP contribution in [-0.2, 0) is 14.3 Å². The lowest BCUT2D eigenvalue weighted by Gasteiger charge is -2.55. The summed E-state index contributed by atoms with van der Waals surface area (Å²) >= 11 is 1.94. The molecular formula is C19H29NO3S. The molecule has 1 atom stereocenters. The Kier molecular flexibility index (Phi) is 4.67. The van der Waals surface area contributed by atoms with Gasteiger partial charge in [0, 0.05) is 17.2 Å². The van der Waals surface area contributed by atoms with Crippen LogP contribution in [0.4, 0.5) is 0 Å². The van der Waals surface area contributed by atoms with Crippen LogP contribution in [0.25, 0.3) is 0 Å². The van der Waals surface area contributed by atoms with Crippen LogP contribution in [0, 0.1) is 23.2 Å². The molecule has 5 rings (SSSR count). The first-order valence-electron chi connectivity index (χ1n) is 9.51.